The van der Waals surface area contributed by atoms with Gasteiger partial charge in [0.15, 0.2) is 5.76 Å². The van der Waals surface area contributed by atoms with Crippen molar-refractivity contribution in [3.05, 3.63) is 33.7 Å². The summed E-state index contributed by atoms with van der Waals surface area (Å²) in [5.74, 6) is 0.343. The number of allylic oxidation sites excluding steroid dienone is 3. The van der Waals surface area contributed by atoms with Crippen LogP contribution in [0.15, 0.2) is 23.6 Å². The molecule has 20 heavy (non-hydrogen) atoms. The van der Waals surface area contributed by atoms with Crippen LogP contribution in [0.25, 0.3) is 0 Å². The molecule has 0 aliphatic heterocycles. The normalized spacial score (nSPS) is 14.7. The summed E-state index contributed by atoms with van der Waals surface area (Å²) in [7, 11) is 1.87. The minimum absolute atomic E-state index is 0.142. The molecule has 0 heterocycles. The molecule has 0 spiro atoms. The third-order valence-corrected chi connectivity index (χ3v) is 2.68. The summed E-state index contributed by atoms with van der Waals surface area (Å²) in [5.41, 5.74) is 0.142. The van der Waals surface area contributed by atoms with E-state index in [1.165, 1.54) is 0 Å². The predicted molar refractivity (Wildman–Crippen MR) is 73.9 cm³/mol. The minimum Gasteiger partial charge on any atom is -0.485 e. The van der Waals surface area contributed by atoms with Crippen molar-refractivity contribution in [2.24, 2.45) is 0 Å². The van der Waals surface area contributed by atoms with Crippen molar-refractivity contribution >= 4 is 0 Å². The van der Waals surface area contributed by atoms with Crippen molar-refractivity contribution in [3.63, 3.8) is 0 Å². The molecule has 0 radical (unpaired) electrons. The van der Waals surface area contributed by atoms with Crippen LogP contribution in [0.1, 0.15) is 12.8 Å². The van der Waals surface area contributed by atoms with Gasteiger partial charge in [-0.25, -0.2) is 0 Å². The first-order valence-electron chi connectivity index (χ1n) is 6.72. The molecule has 0 amide bonds. The molecule has 114 valence electrons. The average molecular weight is 286 g/mol. The van der Waals surface area contributed by atoms with E-state index >= 15 is 0 Å². The number of likely N-dealkylation sites (N-methyl/N-ethyl adjacent to an activating group) is 1. The van der Waals surface area contributed by atoms with Gasteiger partial charge >= 0.3 is 0 Å². The zero-order valence-electron chi connectivity index (χ0n) is 11.8. The molecule has 7 heteroatoms. The second kappa shape index (κ2) is 10.4. The first kappa shape index (κ1) is 16.6. The molecule has 1 N–H and O–H groups in total. The second-order valence-corrected chi connectivity index (χ2v) is 4.19. The van der Waals surface area contributed by atoms with E-state index in [-0.39, 0.29) is 10.6 Å². The van der Waals surface area contributed by atoms with Crippen molar-refractivity contribution < 1.29 is 19.1 Å². The van der Waals surface area contributed by atoms with Crippen molar-refractivity contribution in [1.82, 2.24) is 5.32 Å². The molecule has 0 unspecified atom stereocenters. The van der Waals surface area contributed by atoms with Gasteiger partial charge < -0.3 is 19.5 Å². The molecule has 1 aliphatic rings. The molecule has 1 rings (SSSR count). The fraction of sp³-hybridized carbons (Fsp3) is 0.692. The van der Waals surface area contributed by atoms with E-state index in [1.54, 1.807) is 6.08 Å². The summed E-state index contributed by atoms with van der Waals surface area (Å²) >= 11 is 0. The lowest BCUT2D eigenvalue weighted by Gasteiger charge is -2.11. The van der Waals surface area contributed by atoms with Crippen LogP contribution in [0.2, 0.25) is 0 Å². The highest BCUT2D eigenvalue weighted by atomic mass is 16.6. The summed E-state index contributed by atoms with van der Waals surface area (Å²) < 4.78 is 16.0. The Bertz CT molecular complexity index is 355. The third-order valence-electron chi connectivity index (χ3n) is 2.68. The molecule has 0 atom stereocenters. The number of hydrogen-bond donors (Lipinski definition) is 1. The Balaban J connectivity index is 2.08. The number of rotatable bonds is 11. The molecular weight excluding hydrogens is 264 g/mol. The Labute approximate surface area is 118 Å². The topological polar surface area (TPSA) is 82.9 Å². The summed E-state index contributed by atoms with van der Waals surface area (Å²) in [6.45, 7) is 3.17. The zero-order chi connectivity index (χ0) is 14.6. The van der Waals surface area contributed by atoms with Gasteiger partial charge in [-0.05, 0) is 19.5 Å². The summed E-state index contributed by atoms with van der Waals surface area (Å²) in [5, 5.41) is 13.8. The van der Waals surface area contributed by atoms with Crippen LogP contribution in [0.3, 0.4) is 0 Å². The molecule has 0 aromatic carbocycles. The third kappa shape index (κ3) is 6.65. The molecule has 0 saturated carbocycles. The number of nitrogens with one attached hydrogen (secondary N) is 1. The van der Waals surface area contributed by atoms with Gasteiger partial charge in [-0.3, -0.25) is 10.1 Å². The van der Waals surface area contributed by atoms with E-state index < -0.39 is 0 Å². The van der Waals surface area contributed by atoms with Crippen LogP contribution in [0.5, 0.6) is 0 Å². The van der Waals surface area contributed by atoms with Crippen LogP contribution in [0, 0.1) is 10.1 Å². The monoisotopic (exact) mass is 286 g/mol. The van der Waals surface area contributed by atoms with E-state index in [4.69, 9.17) is 14.2 Å². The average Bonchev–Trinajstić information content (AvgIpc) is 2.46. The number of nitrogens with zero attached hydrogens (tertiary/aromatic N) is 1. The summed E-state index contributed by atoms with van der Waals surface area (Å²) in [6, 6.07) is 0. The number of nitro groups is 1. The van der Waals surface area contributed by atoms with Crippen LogP contribution in [-0.2, 0) is 14.2 Å². The summed E-state index contributed by atoms with van der Waals surface area (Å²) in [6.07, 6.45) is 4.63. The highest BCUT2D eigenvalue weighted by Gasteiger charge is 2.20. The van der Waals surface area contributed by atoms with Gasteiger partial charge in [-0.1, -0.05) is 6.08 Å². The fourth-order valence-electron chi connectivity index (χ4n) is 1.65. The quantitative estimate of drug-likeness (QED) is 0.348. The van der Waals surface area contributed by atoms with Gasteiger partial charge in [0.2, 0.25) is 0 Å². The Kier molecular flexibility index (Phi) is 8.61. The maximum atomic E-state index is 10.8. The van der Waals surface area contributed by atoms with E-state index in [0.717, 1.165) is 6.54 Å². The Morgan fingerprint density at radius 2 is 1.95 bits per heavy atom. The number of hydrogen-bond acceptors (Lipinski definition) is 6. The lowest BCUT2D eigenvalue weighted by atomic mass is 10.1. The Morgan fingerprint density at radius 1 is 1.25 bits per heavy atom. The van der Waals surface area contributed by atoms with Crippen molar-refractivity contribution in [1.29, 1.82) is 0 Å². The maximum absolute atomic E-state index is 10.8. The van der Waals surface area contributed by atoms with Gasteiger partial charge in [-0.2, -0.15) is 0 Å². The molecule has 7 nitrogen and oxygen atoms in total. The molecule has 0 aromatic rings. The number of ether oxygens (including phenoxy) is 3. The van der Waals surface area contributed by atoms with Crippen LogP contribution < -0.4 is 5.32 Å². The van der Waals surface area contributed by atoms with Gasteiger partial charge in [0.1, 0.15) is 6.61 Å². The van der Waals surface area contributed by atoms with E-state index in [2.05, 4.69) is 5.32 Å². The highest BCUT2D eigenvalue weighted by molar-refractivity contribution is 5.20. The Morgan fingerprint density at radius 3 is 2.65 bits per heavy atom. The van der Waals surface area contributed by atoms with E-state index in [9.17, 15) is 10.1 Å². The Hall–Kier alpha value is -1.44. The summed E-state index contributed by atoms with van der Waals surface area (Å²) in [4.78, 5) is 10.4. The smallest absolute Gasteiger partial charge is 0.287 e. The maximum Gasteiger partial charge on any atom is 0.287 e. The SMILES string of the molecule is CNCCOCCOCCOC1=C([N+](=O)[O-])CCC=C1. The minimum atomic E-state index is -0.380. The molecule has 0 bridgehead atoms. The van der Waals surface area contributed by atoms with E-state index in [1.807, 2.05) is 13.1 Å². The fourth-order valence-corrected chi connectivity index (χ4v) is 1.65. The highest BCUT2D eigenvalue weighted by Crippen LogP contribution is 2.20. The second-order valence-electron chi connectivity index (χ2n) is 4.19. The lowest BCUT2D eigenvalue weighted by Crippen LogP contribution is -2.16. The van der Waals surface area contributed by atoms with Crippen LogP contribution >= 0.6 is 0 Å². The zero-order valence-corrected chi connectivity index (χ0v) is 11.8. The van der Waals surface area contributed by atoms with Gasteiger partial charge in [0, 0.05) is 13.0 Å². The molecule has 0 fully saturated rings. The van der Waals surface area contributed by atoms with Gasteiger partial charge in [0.05, 0.1) is 31.4 Å². The largest absolute Gasteiger partial charge is 0.485 e. The molecule has 0 saturated heterocycles. The predicted octanol–water partition coefficient (Wildman–Crippen LogP) is 1.09. The lowest BCUT2D eigenvalue weighted by molar-refractivity contribution is -0.431. The first-order valence-corrected chi connectivity index (χ1v) is 6.72. The van der Waals surface area contributed by atoms with Crippen molar-refractivity contribution in [2.45, 2.75) is 12.8 Å². The van der Waals surface area contributed by atoms with E-state index in [0.29, 0.717) is 51.6 Å². The molecule has 0 aromatic heterocycles. The van der Waals surface area contributed by atoms with Gasteiger partial charge in [0.25, 0.3) is 5.70 Å². The van der Waals surface area contributed by atoms with Gasteiger partial charge in [-0.15, -0.1) is 0 Å². The van der Waals surface area contributed by atoms with Crippen LogP contribution in [-0.4, -0.2) is 51.6 Å². The first-order chi connectivity index (χ1) is 9.75. The van der Waals surface area contributed by atoms with Crippen molar-refractivity contribution in [2.75, 3.05) is 46.6 Å². The molecule has 1 aliphatic carbocycles. The molecular formula is C13H22N2O5. The standard InChI is InChI=1S/C13H22N2O5/c1-14-6-7-18-8-9-19-10-11-20-13-5-3-2-4-12(13)15(16)17/h3,5,14H,2,4,6-11H2,1H3. The van der Waals surface area contributed by atoms with Crippen molar-refractivity contribution in [3.8, 4) is 0 Å². The van der Waals surface area contributed by atoms with Crippen LogP contribution in [0.4, 0.5) is 0 Å².